The Labute approximate surface area is 106 Å². The van der Waals surface area contributed by atoms with Crippen molar-refractivity contribution < 1.29 is 8.91 Å². The van der Waals surface area contributed by atoms with E-state index >= 15 is 0 Å². The zero-order valence-corrected chi connectivity index (χ0v) is 10.8. The first-order valence-corrected chi connectivity index (χ1v) is 5.98. The van der Waals surface area contributed by atoms with E-state index in [4.69, 9.17) is 4.52 Å². The molecule has 17 heavy (non-hydrogen) atoms. The highest BCUT2D eigenvalue weighted by atomic mass is 79.9. The van der Waals surface area contributed by atoms with Gasteiger partial charge >= 0.3 is 0 Å². The van der Waals surface area contributed by atoms with Crippen LogP contribution in [-0.2, 0) is 6.54 Å². The Balaban J connectivity index is 2.21. The monoisotopic (exact) mass is 299 g/mol. The summed E-state index contributed by atoms with van der Waals surface area (Å²) in [5.74, 6) is 0.655. The van der Waals surface area contributed by atoms with Crippen LogP contribution in [0.25, 0.3) is 11.5 Å². The molecule has 0 spiro atoms. The molecule has 4 nitrogen and oxygen atoms in total. The second-order valence-corrected chi connectivity index (χ2v) is 4.28. The minimum atomic E-state index is -0.318. The fourth-order valence-electron chi connectivity index (χ4n) is 1.31. The molecule has 0 aliphatic rings. The Morgan fingerprint density at radius 2 is 2.29 bits per heavy atom. The molecule has 1 heterocycles. The Morgan fingerprint density at radius 3 is 3.00 bits per heavy atom. The number of hydrogen-bond acceptors (Lipinski definition) is 4. The first-order valence-electron chi connectivity index (χ1n) is 5.19. The van der Waals surface area contributed by atoms with E-state index in [1.165, 1.54) is 6.07 Å². The van der Waals surface area contributed by atoms with Crippen molar-refractivity contribution in [2.24, 2.45) is 0 Å². The molecule has 0 bridgehead atoms. The zero-order valence-electron chi connectivity index (χ0n) is 9.20. The molecule has 1 aromatic carbocycles. The van der Waals surface area contributed by atoms with Gasteiger partial charge < -0.3 is 9.84 Å². The zero-order chi connectivity index (χ0) is 12.3. The average Bonchev–Trinajstić information content (AvgIpc) is 2.79. The third kappa shape index (κ3) is 2.89. The topological polar surface area (TPSA) is 51.0 Å². The summed E-state index contributed by atoms with van der Waals surface area (Å²) < 4.78 is 18.5. The summed E-state index contributed by atoms with van der Waals surface area (Å²) in [5, 5.41) is 6.92. The molecule has 0 radical (unpaired) electrons. The fraction of sp³-hybridized carbons (Fsp3) is 0.273. The van der Waals surface area contributed by atoms with Gasteiger partial charge in [-0.3, -0.25) is 0 Å². The van der Waals surface area contributed by atoms with E-state index in [9.17, 15) is 4.39 Å². The van der Waals surface area contributed by atoms with Crippen LogP contribution < -0.4 is 5.32 Å². The predicted octanol–water partition coefficient (Wildman–Crippen LogP) is 2.75. The molecule has 2 aromatic rings. The second-order valence-electron chi connectivity index (χ2n) is 3.42. The third-order valence-corrected chi connectivity index (χ3v) is 2.78. The highest BCUT2D eigenvalue weighted by molar-refractivity contribution is 9.10. The SMILES string of the molecule is CCNCc1noc(-c2ccc(F)c(Br)c2)n1. The molecule has 0 saturated carbocycles. The molecule has 6 heteroatoms. The molecule has 2 rings (SSSR count). The minimum absolute atomic E-state index is 0.318. The van der Waals surface area contributed by atoms with Gasteiger partial charge in [-0.05, 0) is 40.7 Å². The van der Waals surface area contributed by atoms with Crippen LogP contribution in [0, 0.1) is 5.82 Å². The largest absolute Gasteiger partial charge is 0.334 e. The van der Waals surface area contributed by atoms with E-state index in [-0.39, 0.29) is 5.82 Å². The maximum absolute atomic E-state index is 13.1. The van der Waals surface area contributed by atoms with Crippen molar-refractivity contribution in [2.75, 3.05) is 6.54 Å². The lowest BCUT2D eigenvalue weighted by Gasteiger charge is -1.96. The molecule has 0 amide bonds. The molecule has 0 fully saturated rings. The molecule has 1 N–H and O–H groups in total. The van der Waals surface area contributed by atoms with Crippen LogP contribution in [0.3, 0.4) is 0 Å². The quantitative estimate of drug-likeness (QED) is 0.943. The molecule has 0 unspecified atom stereocenters. The van der Waals surface area contributed by atoms with E-state index < -0.39 is 0 Å². The maximum Gasteiger partial charge on any atom is 0.258 e. The van der Waals surface area contributed by atoms with Gasteiger partial charge in [0, 0.05) is 5.56 Å². The Bertz CT molecular complexity index is 515. The van der Waals surface area contributed by atoms with Gasteiger partial charge in [0.2, 0.25) is 0 Å². The summed E-state index contributed by atoms with van der Waals surface area (Å²) in [6.45, 7) is 3.40. The summed E-state index contributed by atoms with van der Waals surface area (Å²) >= 11 is 3.11. The van der Waals surface area contributed by atoms with E-state index in [0.717, 1.165) is 6.54 Å². The van der Waals surface area contributed by atoms with Crippen molar-refractivity contribution in [1.29, 1.82) is 0 Å². The molecular weight excluding hydrogens is 289 g/mol. The molecule has 0 saturated heterocycles. The first-order chi connectivity index (χ1) is 8.20. The predicted molar refractivity (Wildman–Crippen MR) is 64.8 cm³/mol. The lowest BCUT2D eigenvalue weighted by atomic mass is 10.2. The van der Waals surface area contributed by atoms with Crippen LogP contribution >= 0.6 is 15.9 Å². The Kier molecular flexibility index (Phi) is 3.86. The first kappa shape index (κ1) is 12.2. The minimum Gasteiger partial charge on any atom is -0.334 e. The molecule has 1 aromatic heterocycles. The summed E-state index contributed by atoms with van der Waals surface area (Å²) in [6.07, 6.45) is 0. The Morgan fingerprint density at radius 1 is 1.47 bits per heavy atom. The highest BCUT2D eigenvalue weighted by Crippen LogP contribution is 2.23. The number of halogens is 2. The molecule has 0 aliphatic heterocycles. The summed E-state index contributed by atoms with van der Waals surface area (Å²) in [5.41, 5.74) is 0.688. The van der Waals surface area contributed by atoms with Gasteiger partial charge in [-0.25, -0.2) is 4.39 Å². The van der Waals surface area contributed by atoms with Gasteiger partial charge in [0.25, 0.3) is 5.89 Å². The van der Waals surface area contributed by atoms with Crippen LogP contribution in [0.15, 0.2) is 27.2 Å². The lowest BCUT2D eigenvalue weighted by molar-refractivity contribution is 0.419. The summed E-state index contributed by atoms with van der Waals surface area (Å²) in [4.78, 5) is 4.21. The van der Waals surface area contributed by atoms with Crippen LogP contribution in [0.4, 0.5) is 4.39 Å². The standard InChI is InChI=1S/C11H11BrFN3O/c1-2-14-6-10-15-11(17-16-10)7-3-4-9(13)8(12)5-7/h3-5,14H,2,6H2,1H3. The van der Waals surface area contributed by atoms with Gasteiger partial charge in [-0.2, -0.15) is 4.98 Å². The van der Waals surface area contributed by atoms with Gasteiger partial charge in [-0.1, -0.05) is 12.1 Å². The number of nitrogens with one attached hydrogen (secondary N) is 1. The number of aromatic nitrogens is 2. The van der Waals surface area contributed by atoms with E-state index in [1.807, 2.05) is 6.92 Å². The van der Waals surface area contributed by atoms with Gasteiger partial charge in [-0.15, -0.1) is 0 Å². The number of nitrogens with zero attached hydrogens (tertiary/aromatic N) is 2. The van der Waals surface area contributed by atoms with Crippen molar-refractivity contribution in [3.8, 4) is 11.5 Å². The smallest absolute Gasteiger partial charge is 0.258 e. The second kappa shape index (κ2) is 5.37. The van der Waals surface area contributed by atoms with Crippen molar-refractivity contribution in [1.82, 2.24) is 15.5 Å². The average molecular weight is 300 g/mol. The molecule has 0 atom stereocenters. The number of rotatable bonds is 4. The van der Waals surface area contributed by atoms with Crippen molar-refractivity contribution >= 4 is 15.9 Å². The van der Waals surface area contributed by atoms with Gasteiger partial charge in [0.15, 0.2) is 5.82 Å². The fourth-order valence-corrected chi connectivity index (χ4v) is 1.69. The van der Waals surface area contributed by atoms with Crippen molar-refractivity contribution in [3.63, 3.8) is 0 Å². The van der Waals surface area contributed by atoms with E-state index in [2.05, 4.69) is 31.4 Å². The maximum atomic E-state index is 13.1. The third-order valence-electron chi connectivity index (χ3n) is 2.17. The van der Waals surface area contributed by atoms with Gasteiger partial charge in [0.1, 0.15) is 5.82 Å². The molecule has 0 aliphatic carbocycles. The van der Waals surface area contributed by atoms with Crippen molar-refractivity contribution in [2.45, 2.75) is 13.5 Å². The van der Waals surface area contributed by atoms with Crippen LogP contribution in [0.1, 0.15) is 12.7 Å². The van der Waals surface area contributed by atoms with Gasteiger partial charge in [0.05, 0.1) is 11.0 Å². The number of hydrogen-bond donors (Lipinski definition) is 1. The summed E-state index contributed by atoms with van der Waals surface area (Å²) in [6, 6.07) is 4.57. The highest BCUT2D eigenvalue weighted by Gasteiger charge is 2.10. The summed E-state index contributed by atoms with van der Waals surface area (Å²) in [7, 11) is 0. The van der Waals surface area contributed by atoms with Crippen LogP contribution in [-0.4, -0.2) is 16.7 Å². The van der Waals surface area contributed by atoms with Crippen LogP contribution in [0.2, 0.25) is 0 Å². The van der Waals surface area contributed by atoms with Crippen LogP contribution in [0.5, 0.6) is 0 Å². The Hall–Kier alpha value is -1.27. The van der Waals surface area contributed by atoms with E-state index in [0.29, 0.717) is 28.3 Å². The number of benzene rings is 1. The molecule has 90 valence electrons. The normalized spacial score (nSPS) is 10.8. The molecular formula is C11H11BrFN3O. The van der Waals surface area contributed by atoms with E-state index in [1.54, 1.807) is 12.1 Å². The lowest BCUT2D eigenvalue weighted by Crippen LogP contribution is -2.12. The van der Waals surface area contributed by atoms with Crippen molar-refractivity contribution in [3.05, 3.63) is 34.3 Å².